The number of carbonyl (C=O) groups is 1. The Morgan fingerprint density at radius 1 is 1.12 bits per heavy atom. The standard InChI is InChI=1S/C23H22N4O4S/c1-3-7-19(28)27-16-9-6-5-8-15(16)20-21(24-23(26-25-20)32-4-2)31-22(27)14-10-11-17-18(12-14)30-13-29-17/h5-6,8-12,22H,3-4,7,13H2,1-2H3. The Bertz CT molecular complexity index is 1170. The molecule has 2 aliphatic rings. The molecule has 1 aromatic heterocycles. The van der Waals surface area contributed by atoms with Crippen LogP contribution in [-0.4, -0.2) is 33.6 Å². The summed E-state index contributed by atoms with van der Waals surface area (Å²) in [4.78, 5) is 19.7. The van der Waals surface area contributed by atoms with Gasteiger partial charge in [-0.05, 0) is 36.4 Å². The number of rotatable bonds is 5. The lowest BCUT2D eigenvalue weighted by atomic mass is 10.1. The Morgan fingerprint density at radius 3 is 2.81 bits per heavy atom. The average molecular weight is 451 g/mol. The number of anilines is 1. The molecule has 164 valence electrons. The van der Waals surface area contributed by atoms with Crippen LogP contribution in [0.3, 0.4) is 0 Å². The second kappa shape index (κ2) is 8.66. The van der Waals surface area contributed by atoms with E-state index in [1.165, 1.54) is 11.8 Å². The van der Waals surface area contributed by atoms with Crippen molar-refractivity contribution in [2.75, 3.05) is 17.4 Å². The van der Waals surface area contributed by atoms with Crippen LogP contribution >= 0.6 is 11.8 Å². The van der Waals surface area contributed by atoms with Crippen molar-refractivity contribution in [2.45, 2.75) is 38.1 Å². The van der Waals surface area contributed by atoms with E-state index in [-0.39, 0.29) is 12.7 Å². The molecular weight excluding hydrogens is 428 g/mol. The van der Waals surface area contributed by atoms with Gasteiger partial charge >= 0.3 is 0 Å². The van der Waals surface area contributed by atoms with Crippen LogP contribution in [0.15, 0.2) is 47.6 Å². The SMILES string of the molecule is CCCC(=O)N1c2ccccc2-c2nnc(SCC)nc2OC1c1ccc2c(c1)OCO2. The molecule has 1 amide bonds. The first-order chi connectivity index (χ1) is 15.7. The molecule has 2 aliphatic heterocycles. The quantitative estimate of drug-likeness (QED) is 0.521. The Kier molecular flexibility index (Phi) is 5.57. The van der Waals surface area contributed by atoms with Crippen LogP contribution in [-0.2, 0) is 4.79 Å². The summed E-state index contributed by atoms with van der Waals surface area (Å²) in [7, 11) is 0. The molecule has 0 saturated heterocycles. The Morgan fingerprint density at radius 2 is 1.97 bits per heavy atom. The summed E-state index contributed by atoms with van der Waals surface area (Å²) in [6.07, 6.45) is 0.348. The summed E-state index contributed by atoms with van der Waals surface area (Å²) in [6.45, 7) is 4.17. The van der Waals surface area contributed by atoms with Gasteiger partial charge in [-0.1, -0.05) is 43.8 Å². The molecule has 3 heterocycles. The van der Waals surface area contributed by atoms with Crippen LogP contribution in [0.1, 0.15) is 38.5 Å². The molecule has 5 rings (SSSR count). The third-order valence-corrected chi connectivity index (χ3v) is 5.92. The maximum Gasteiger partial charge on any atom is 0.247 e. The number of thioether (sulfide) groups is 1. The predicted octanol–water partition coefficient (Wildman–Crippen LogP) is 4.60. The number of hydrogen-bond acceptors (Lipinski definition) is 8. The minimum atomic E-state index is -0.748. The van der Waals surface area contributed by atoms with Gasteiger partial charge < -0.3 is 14.2 Å². The highest BCUT2D eigenvalue weighted by Crippen LogP contribution is 2.45. The van der Waals surface area contributed by atoms with Gasteiger partial charge in [0.1, 0.15) is 0 Å². The fourth-order valence-electron chi connectivity index (χ4n) is 3.79. The van der Waals surface area contributed by atoms with E-state index in [2.05, 4.69) is 15.2 Å². The van der Waals surface area contributed by atoms with E-state index in [1.54, 1.807) is 4.90 Å². The van der Waals surface area contributed by atoms with Gasteiger partial charge in [0.05, 0.1) is 5.69 Å². The lowest BCUT2D eigenvalue weighted by molar-refractivity contribution is -0.120. The maximum atomic E-state index is 13.4. The molecule has 1 atom stereocenters. The van der Waals surface area contributed by atoms with Crippen LogP contribution in [0.5, 0.6) is 17.4 Å². The third-order valence-electron chi connectivity index (χ3n) is 5.20. The van der Waals surface area contributed by atoms with Gasteiger partial charge in [-0.25, -0.2) is 0 Å². The van der Waals surface area contributed by atoms with E-state index >= 15 is 0 Å². The molecule has 32 heavy (non-hydrogen) atoms. The smallest absolute Gasteiger partial charge is 0.247 e. The van der Waals surface area contributed by atoms with Crippen LogP contribution in [0.25, 0.3) is 11.3 Å². The molecule has 9 heteroatoms. The molecule has 0 N–H and O–H groups in total. The van der Waals surface area contributed by atoms with Crippen LogP contribution in [0, 0.1) is 0 Å². The fourth-order valence-corrected chi connectivity index (χ4v) is 4.30. The molecule has 0 radical (unpaired) electrons. The first-order valence-electron chi connectivity index (χ1n) is 10.5. The Hall–Kier alpha value is -3.33. The number of para-hydroxylation sites is 1. The lowest BCUT2D eigenvalue weighted by Crippen LogP contribution is -2.37. The fraction of sp³-hybridized carbons (Fsp3) is 0.304. The first kappa shape index (κ1) is 20.6. The van der Waals surface area contributed by atoms with Crippen molar-refractivity contribution in [3.63, 3.8) is 0 Å². The van der Waals surface area contributed by atoms with Crippen molar-refractivity contribution in [1.29, 1.82) is 0 Å². The molecule has 0 aliphatic carbocycles. The van der Waals surface area contributed by atoms with Crippen molar-refractivity contribution < 1.29 is 19.0 Å². The zero-order chi connectivity index (χ0) is 22.1. The summed E-state index contributed by atoms with van der Waals surface area (Å²) in [6, 6.07) is 13.2. The number of benzene rings is 2. The van der Waals surface area contributed by atoms with E-state index in [0.29, 0.717) is 46.8 Å². The Labute approximate surface area is 189 Å². The molecule has 0 spiro atoms. The second-order valence-electron chi connectivity index (χ2n) is 7.29. The maximum absolute atomic E-state index is 13.4. The average Bonchev–Trinajstić information content (AvgIpc) is 3.22. The van der Waals surface area contributed by atoms with Gasteiger partial charge in [0.2, 0.25) is 30.0 Å². The second-order valence-corrected chi connectivity index (χ2v) is 8.53. The van der Waals surface area contributed by atoms with Gasteiger partial charge in [-0.3, -0.25) is 9.69 Å². The summed E-state index contributed by atoms with van der Waals surface area (Å²) in [5.74, 6) is 2.39. The van der Waals surface area contributed by atoms with E-state index in [1.807, 2.05) is 56.3 Å². The number of amides is 1. The molecule has 0 fully saturated rings. The number of aromatic nitrogens is 3. The van der Waals surface area contributed by atoms with Crippen molar-refractivity contribution >= 4 is 23.4 Å². The highest BCUT2D eigenvalue weighted by atomic mass is 32.2. The summed E-state index contributed by atoms with van der Waals surface area (Å²) >= 11 is 1.48. The molecular formula is C23H22N4O4S. The minimum absolute atomic E-state index is 0.0495. The number of nitrogens with zero attached hydrogens (tertiary/aromatic N) is 4. The zero-order valence-corrected chi connectivity index (χ0v) is 18.6. The summed E-state index contributed by atoms with van der Waals surface area (Å²) in [5, 5.41) is 9.21. The molecule has 2 aromatic carbocycles. The lowest BCUT2D eigenvalue weighted by Gasteiger charge is -2.31. The largest absolute Gasteiger partial charge is 0.454 e. The van der Waals surface area contributed by atoms with Gasteiger partial charge in [-0.15, -0.1) is 10.2 Å². The van der Waals surface area contributed by atoms with E-state index in [4.69, 9.17) is 14.2 Å². The topological polar surface area (TPSA) is 86.7 Å². The van der Waals surface area contributed by atoms with Gasteiger partial charge in [0, 0.05) is 17.5 Å². The molecule has 0 saturated carbocycles. The van der Waals surface area contributed by atoms with Gasteiger partial charge in [0.15, 0.2) is 17.2 Å². The predicted molar refractivity (Wildman–Crippen MR) is 120 cm³/mol. The molecule has 1 unspecified atom stereocenters. The van der Waals surface area contributed by atoms with Crippen molar-refractivity contribution in [3.05, 3.63) is 48.0 Å². The Balaban J connectivity index is 1.70. The first-order valence-corrected chi connectivity index (χ1v) is 11.5. The van der Waals surface area contributed by atoms with E-state index < -0.39 is 6.23 Å². The summed E-state index contributed by atoms with van der Waals surface area (Å²) < 4.78 is 17.5. The van der Waals surface area contributed by atoms with Crippen molar-refractivity contribution in [2.24, 2.45) is 0 Å². The molecule has 8 nitrogen and oxygen atoms in total. The number of carbonyl (C=O) groups excluding carboxylic acids is 1. The van der Waals surface area contributed by atoms with Gasteiger partial charge in [0.25, 0.3) is 0 Å². The molecule has 3 aromatic rings. The van der Waals surface area contributed by atoms with Gasteiger partial charge in [-0.2, -0.15) is 4.98 Å². The minimum Gasteiger partial charge on any atom is -0.454 e. The zero-order valence-electron chi connectivity index (χ0n) is 17.8. The van der Waals surface area contributed by atoms with Crippen LogP contribution < -0.4 is 19.1 Å². The highest BCUT2D eigenvalue weighted by molar-refractivity contribution is 7.99. The number of ether oxygens (including phenoxy) is 3. The monoisotopic (exact) mass is 450 g/mol. The van der Waals surface area contributed by atoms with Crippen molar-refractivity contribution in [1.82, 2.24) is 15.2 Å². The normalized spacial score (nSPS) is 16.1. The number of fused-ring (bicyclic) bond motifs is 4. The third kappa shape index (κ3) is 3.62. The highest BCUT2D eigenvalue weighted by Gasteiger charge is 2.36. The van der Waals surface area contributed by atoms with Crippen molar-refractivity contribution in [3.8, 4) is 28.6 Å². The summed E-state index contributed by atoms with van der Waals surface area (Å²) in [5.41, 5.74) is 2.73. The van der Waals surface area contributed by atoms with Crippen LogP contribution in [0.2, 0.25) is 0 Å². The molecule has 0 bridgehead atoms. The van der Waals surface area contributed by atoms with E-state index in [9.17, 15) is 4.79 Å². The van der Waals surface area contributed by atoms with Crippen LogP contribution in [0.4, 0.5) is 5.69 Å². The number of hydrogen-bond donors (Lipinski definition) is 0. The van der Waals surface area contributed by atoms with E-state index in [0.717, 1.165) is 16.9 Å².